The monoisotopic (exact) mass is 207 g/mol. The van der Waals surface area contributed by atoms with Gasteiger partial charge >= 0.3 is 0 Å². The van der Waals surface area contributed by atoms with Crippen LogP contribution < -0.4 is 4.90 Å². The van der Waals surface area contributed by atoms with Crippen LogP contribution in [0.2, 0.25) is 0 Å². The normalized spacial score (nSPS) is 15.3. The second kappa shape index (κ2) is 2.66. The van der Waals surface area contributed by atoms with E-state index in [2.05, 4.69) is 35.5 Å². The van der Waals surface area contributed by atoms with Gasteiger partial charge < -0.3 is 4.90 Å². The summed E-state index contributed by atoms with van der Waals surface area (Å²) in [5.41, 5.74) is 1.43. The van der Waals surface area contributed by atoms with Crippen LogP contribution in [0.5, 0.6) is 0 Å². The maximum absolute atomic E-state index is 2.33. The Morgan fingerprint density at radius 1 is 1.31 bits per heavy atom. The van der Waals surface area contributed by atoms with Crippen LogP contribution in [0.4, 0.5) is 5.69 Å². The third-order valence-electron chi connectivity index (χ3n) is 2.35. The van der Waals surface area contributed by atoms with Gasteiger partial charge in [-0.1, -0.05) is 6.07 Å². The molecule has 0 radical (unpaired) electrons. The van der Waals surface area contributed by atoms with Crippen molar-refractivity contribution in [3.05, 3.63) is 23.6 Å². The quantitative estimate of drug-likeness (QED) is 0.651. The van der Waals surface area contributed by atoms with Crippen molar-refractivity contribution in [1.82, 2.24) is 0 Å². The summed E-state index contributed by atoms with van der Waals surface area (Å²) in [7, 11) is 2.16. The zero-order valence-electron chi connectivity index (χ0n) is 7.28. The molecule has 1 aliphatic heterocycles. The second-order valence-corrected chi connectivity index (χ2v) is 5.13. The van der Waals surface area contributed by atoms with Gasteiger partial charge in [-0.25, -0.2) is 0 Å². The number of fused-ring (bicyclic) bond motifs is 3. The van der Waals surface area contributed by atoms with Crippen LogP contribution in [0.1, 0.15) is 0 Å². The van der Waals surface area contributed by atoms with E-state index in [1.165, 1.54) is 20.7 Å². The second-order valence-electron chi connectivity index (χ2n) is 3.22. The molecule has 0 unspecified atom stereocenters. The van der Waals surface area contributed by atoms with Gasteiger partial charge in [-0.15, -0.1) is 23.1 Å². The van der Waals surface area contributed by atoms with Crippen LogP contribution in [0.25, 0.3) is 10.1 Å². The minimum absolute atomic E-state index is 1.09. The SMILES string of the molecule is CN1CSc2ccc3ccsc3c21. The fourth-order valence-electron chi connectivity index (χ4n) is 1.71. The highest BCUT2D eigenvalue weighted by molar-refractivity contribution is 7.99. The van der Waals surface area contributed by atoms with Crippen molar-refractivity contribution >= 4 is 38.9 Å². The van der Waals surface area contributed by atoms with Crippen LogP contribution >= 0.6 is 23.1 Å². The molecule has 3 heteroatoms. The zero-order chi connectivity index (χ0) is 8.84. The molecule has 0 fully saturated rings. The molecule has 2 heterocycles. The molecule has 0 bridgehead atoms. The summed E-state index contributed by atoms with van der Waals surface area (Å²) in [6.45, 7) is 0. The van der Waals surface area contributed by atoms with E-state index in [1.54, 1.807) is 0 Å². The molecular formula is C10H9NS2. The summed E-state index contributed by atoms with van der Waals surface area (Å²) in [5, 5.41) is 3.54. The first-order chi connectivity index (χ1) is 6.36. The highest BCUT2D eigenvalue weighted by Crippen LogP contribution is 2.44. The molecule has 0 amide bonds. The standard InChI is InChI=1S/C10H9NS2/c1-11-6-13-8-3-2-7-4-5-12-10(7)9(8)11/h2-5H,6H2,1H3. The summed E-state index contributed by atoms with van der Waals surface area (Å²) in [4.78, 5) is 3.76. The Balaban J connectivity index is 2.42. The molecule has 0 saturated heterocycles. The molecule has 2 aromatic rings. The topological polar surface area (TPSA) is 3.24 Å². The van der Waals surface area contributed by atoms with Crippen molar-refractivity contribution in [3.8, 4) is 0 Å². The predicted octanol–water partition coefficient (Wildman–Crippen LogP) is 3.40. The Labute approximate surface area is 85.4 Å². The van der Waals surface area contributed by atoms with E-state index in [0.29, 0.717) is 0 Å². The molecular weight excluding hydrogens is 198 g/mol. The molecule has 0 aliphatic carbocycles. The minimum Gasteiger partial charge on any atom is -0.363 e. The van der Waals surface area contributed by atoms with Gasteiger partial charge in [-0.2, -0.15) is 0 Å². The summed E-state index contributed by atoms with van der Waals surface area (Å²) in [5.74, 6) is 1.09. The van der Waals surface area contributed by atoms with Gasteiger partial charge in [0.2, 0.25) is 0 Å². The van der Waals surface area contributed by atoms with Gasteiger partial charge in [0.15, 0.2) is 0 Å². The van der Waals surface area contributed by atoms with Crippen LogP contribution in [0.3, 0.4) is 0 Å². The van der Waals surface area contributed by atoms with Crippen LogP contribution in [-0.4, -0.2) is 12.9 Å². The number of benzene rings is 1. The van der Waals surface area contributed by atoms with E-state index < -0.39 is 0 Å². The number of anilines is 1. The predicted molar refractivity (Wildman–Crippen MR) is 61.0 cm³/mol. The van der Waals surface area contributed by atoms with Gasteiger partial charge in [-0.05, 0) is 22.9 Å². The lowest BCUT2D eigenvalue weighted by atomic mass is 10.2. The molecule has 1 aromatic heterocycles. The van der Waals surface area contributed by atoms with E-state index >= 15 is 0 Å². The van der Waals surface area contributed by atoms with Crippen molar-refractivity contribution < 1.29 is 0 Å². The van der Waals surface area contributed by atoms with Crippen LogP contribution in [-0.2, 0) is 0 Å². The Hall–Kier alpha value is -0.670. The average molecular weight is 207 g/mol. The number of rotatable bonds is 0. The van der Waals surface area contributed by atoms with E-state index in [-0.39, 0.29) is 0 Å². The molecule has 0 N–H and O–H groups in total. The molecule has 66 valence electrons. The average Bonchev–Trinajstić information content (AvgIpc) is 2.70. The Bertz CT molecular complexity index is 461. The molecule has 1 nitrogen and oxygen atoms in total. The minimum atomic E-state index is 1.09. The van der Waals surface area contributed by atoms with Gasteiger partial charge in [0.05, 0.1) is 16.3 Å². The lowest BCUT2D eigenvalue weighted by molar-refractivity contribution is 1.12. The van der Waals surface area contributed by atoms with Crippen LogP contribution in [0, 0.1) is 0 Å². The number of hydrogen-bond donors (Lipinski definition) is 0. The third-order valence-corrected chi connectivity index (χ3v) is 4.45. The fraction of sp³-hybridized carbons (Fsp3) is 0.200. The molecule has 3 rings (SSSR count). The zero-order valence-corrected chi connectivity index (χ0v) is 8.91. The molecule has 1 aromatic carbocycles. The number of nitrogens with zero attached hydrogens (tertiary/aromatic N) is 1. The number of thioether (sulfide) groups is 1. The first-order valence-corrected chi connectivity index (χ1v) is 6.07. The fourth-order valence-corrected chi connectivity index (χ4v) is 3.79. The Morgan fingerprint density at radius 2 is 2.23 bits per heavy atom. The number of thiophene rings is 1. The van der Waals surface area contributed by atoms with Crippen molar-refractivity contribution in [2.75, 3.05) is 17.8 Å². The van der Waals surface area contributed by atoms with E-state index in [4.69, 9.17) is 0 Å². The molecule has 1 aliphatic rings. The first-order valence-electron chi connectivity index (χ1n) is 4.20. The third kappa shape index (κ3) is 1.00. The van der Waals surface area contributed by atoms with Crippen molar-refractivity contribution in [2.24, 2.45) is 0 Å². The largest absolute Gasteiger partial charge is 0.363 e. The molecule has 0 atom stereocenters. The van der Waals surface area contributed by atoms with Gasteiger partial charge in [0, 0.05) is 11.9 Å². The van der Waals surface area contributed by atoms with Gasteiger partial charge in [0.1, 0.15) is 0 Å². The highest BCUT2D eigenvalue weighted by atomic mass is 32.2. The van der Waals surface area contributed by atoms with Crippen molar-refractivity contribution in [2.45, 2.75) is 4.90 Å². The molecule has 0 saturated carbocycles. The van der Waals surface area contributed by atoms with E-state index in [0.717, 1.165) is 5.88 Å². The summed E-state index contributed by atoms with van der Waals surface area (Å²) in [6, 6.07) is 6.65. The highest BCUT2D eigenvalue weighted by Gasteiger charge is 2.19. The lowest BCUT2D eigenvalue weighted by Gasteiger charge is -2.11. The van der Waals surface area contributed by atoms with E-state index in [1.807, 2.05) is 23.1 Å². The van der Waals surface area contributed by atoms with Crippen LogP contribution in [0.15, 0.2) is 28.5 Å². The van der Waals surface area contributed by atoms with Gasteiger partial charge in [-0.3, -0.25) is 0 Å². The van der Waals surface area contributed by atoms with Gasteiger partial charge in [0.25, 0.3) is 0 Å². The Kier molecular flexibility index (Phi) is 1.58. The first kappa shape index (κ1) is 7.71. The molecule has 0 spiro atoms. The summed E-state index contributed by atoms with van der Waals surface area (Å²) < 4.78 is 1.44. The Morgan fingerprint density at radius 3 is 3.15 bits per heavy atom. The van der Waals surface area contributed by atoms with Crippen molar-refractivity contribution in [1.29, 1.82) is 0 Å². The summed E-state index contributed by atoms with van der Waals surface area (Å²) >= 11 is 3.77. The smallest absolute Gasteiger partial charge is 0.0690 e. The maximum atomic E-state index is 2.33. The van der Waals surface area contributed by atoms with Crippen molar-refractivity contribution in [3.63, 3.8) is 0 Å². The number of hydrogen-bond acceptors (Lipinski definition) is 3. The maximum Gasteiger partial charge on any atom is 0.0690 e. The van der Waals surface area contributed by atoms with E-state index in [9.17, 15) is 0 Å². The summed E-state index contributed by atoms with van der Waals surface area (Å²) in [6.07, 6.45) is 0. The molecule has 13 heavy (non-hydrogen) atoms. The lowest BCUT2D eigenvalue weighted by Crippen LogP contribution is -2.10.